The molecule has 1 heterocycles. The molecule has 0 aromatic heterocycles. The maximum Gasteiger partial charge on any atom is 0.0159 e. The van der Waals surface area contributed by atoms with E-state index in [2.05, 4.69) is 49.1 Å². The van der Waals surface area contributed by atoms with Crippen molar-refractivity contribution >= 4 is 12.4 Å². The summed E-state index contributed by atoms with van der Waals surface area (Å²) < 4.78 is 0. The van der Waals surface area contributed by atoms with Gasteiger partial charge in [0, 0.05) is 6.04 Å². The van der Waals surface area contributed by atoms with Crippen molar-refractivity contribution in [3.63, 3.8) is 0 Å². The summed E-state index contributed by atoms with van der Waals surface area (Å²) in [5.74, 6) is 0.748. The maximum absolute atomic E-state index is 2.68. The number of rotatable bonds is 4. The van der Waals surface area contributed by atoms with Crippen LogP contribution in [0, 0.1) is 5.92 Å². The van der Waals surface area contributed by atoms with Crippen molar-refractivity contribution in [1.82, 2.24) is 4.90 Å². The molecule has 1 unspecified atom stereocenters. The van der Waals surface area contributed by atoms with E-state index in [1.807, 2.05) is 0 Å². The standard InChI is InChI=1S/C15H23N.ClH/c1-13(2)15(16-10-6-7-11-16)12-14-8-4-3-5-9-14;/h3-5,8-9,13,15H,6-7,10-12H2,1-2H3;1H. The molecular formula is C15H24ClN. The number of nitrogens with zero attached hydrogens (tertiary/aromatic N) is 1. The van der Waals surface area contributed by atoms with Crippen molar-refractivity contribution in [2.75, 3.05) is 13.1 Å². The number of benzene rings is 1. The Morgan fingerprint density at radius 2 is 1.65 bits per heavy atom. The summed E-state index contributed by atoms with van der Waals surface area (Å²) in [4.78, 5) is 2.68. The lowest BCUT2D eigenvalue weighted by Crippen LogP contribution is -2.38. The van der Waals surface area contributed by atoms with Gasteiger partial charge < -0.3 is 0 Å². The third-order valence-corrected chi connectivity index (χ3v) is 3.67. The fourth-order valence-electron chi connectivity index (χ4n) is 2.72. The molecule has 0 saturated carbocycles. The lowest BCUT2D eigenvalue weighted by molar-refractivity contribution is 0.190. The van der Waals surface area contributed by atoms with Gasteiger partial charge in [-0.1, -0.05) is 44.2 Å². The fourth-order valence-corrected chi connectivity index (χ4v) is 2.72. The molecule has 17 heavy (non-hydrogen) atoms. The van der Waals surface area contributed by atoms with E-state index in [0.29, 0.717) is 0 Å². The van der Waals surface area contributed by atoms with E-state index in [4.69, 9.17) is 0 Å². The monoisotopic (exact) mass is 253 g/mol. The first kappa shape index (κ1) is 14.5. The molecule has 2 heteroatoms. The SMILES string of the molecule is CC(C)C(Cc1ccccc1)N1CCCC1.Cl. The van der Waals surface area contributed by atoms with Crippen LogP contribution in [0.5, 0.6) is 0 Å². The first-order chi connectivity index (χ1) is 7.77. The molecule has 1 saturated heterocycles. The van der Waals surface area contributed by atoms with Gasteiger partial charge in [-0.15, -0.1) is 12.4 Å². The maximum atomic E-state index is 2.68. The van der Waals surface area contributed by atoms with Crippen molar-refractivity contribution in [2.24, 2.45) is 5.92 Å². The first-order valence-corrected chi connectivity index (χ1v) is 6.55. The number of hydrogen-bond donors (Lipinski definition) is 0. The van der Waals surface area contributed by atoms with E-state index in [1.54, 1.807) is 0 Å². The molecule has 2 rings (SSSR count). The number of hydrogen-bond acceptors (Lipinski definition) is 1. The molecule has 1 aromatic carbocycles. The molecule has 0 amide bonds. The largest absolute Gasteiger partial charge is 0.300 e. The Morgan fingerprint density at radius 1 is 1.06 bits per heavy atom. The zero-order valence-electron chi connectivity index (χ0n) is 10.9. The molecule has 0 aliphatic carbocycles. The highest BCUT2D eigenvalue weighted by Gasteiger charge is 2.24. The summed E-state index contributed by atoms with van der Waals surface area (Å²) in [7, 11) is 0. The molecule has 0 spiro atoms. The molecule has 0 bridgehead atoms. The highest BCUT2D eigenvalue weighted by atomic mass is 35.5. The lowest BCUT2D eigenvalue weighted by Gasteiger charge is -2.31. The summed E-state index contributed by atoms with van der Waals surface area (Å²) in [5, 5.41) is 0. The van der Waals surface area contributed by atoms with Crippen molar-refractivity contribution in [1.29, 1.82) is 0 Å². The zero-order valence-corrected chi connectivity index (χ0v) is 11.7. The Hall–Kier alpha value is -0.530. The Labute approximate surface area is 112 Å². The van der Waals surface area contributed by atoms with E-state index in [0.717, 1.165) is 12.0 Å². The highest BCUT2D eigenvalue weighted by Crippen LogP contribution is 2.21. The summed E-state index contributed by atoms with van der Waals surface area (Å²) in [6.07, 6.45) is 3.98. The van der Waals surface area contributed by atoms with Crippen LogP contribution < -0.4 is 0 Å². The molecule has 96 valence electrons. The minimum atomic E-state index is 0. The van der Waals surface area contributed by atoms with Crippen LogP contribution in [-0.4, -0.2) is 24.0 Å². The van der Waals surface area contributed by atoms with Gasteiger partial charge >= 0.3 is 0 Å². The van der Waals surface area contributed by atoms with Crippen LogP contribution in [0.3, 0.4) is 0 Å². The third kappa shape index (κ3) is 4.01. The van der Waals surface area contributed by atoms with Crippen LogP contribution in [-0.2, 0) is 6.42 Å². The minimum absolute atomic E-state index is 0. The first-order valence-electron chi connectivity index (χ1n) is 6.55. The Morgan fingerprint density at radius 3 is 2.18 bits per heavy atom. The molecule has 1 aliphatic rings. The summed E-state index contributed by atoms with van der Waals surface area (Å²) in [6.45, 7) is 7.31. The van der Waals surface area contributed by atoms with Gasteiger partial charge in [0.15, 0.2) is 0 Å². The highest BCUT2D eigenvalue weighted by molar-refractivity contribution is 5.85. The van der Waals surface area contributed by atoms with Gasteiger partial charge in [-0.3, -0.25) is 4.90 Å². The van der Waals surface area contributed by atoms with Gasteiger partial charge in [-0.2, -0.15) is 0 Å². The zero-order chi connectivity index (χ0) is 11.4. The molecule has 1 nitrogen and oxygen atoms in total. The second-order valence-corrected chi connectivity index (χ2v) is 5.24. The van der Waals surface area contributed by atoms with E-state index in [-0.39, 0.29) is 12.4 Å². The predicted octanol–water partition coefficient (Wildman–Crippen LogP) is 3.77. The van der Waals surface area contributed by atoms with Crippen molar-refractivity contribution in [2.45, 2.75) is 39.2 Å². The van der Waals surface area contributed by atoms with Crippen LogP contribution in [0.2, 0.25) is 0 Å². The average molecular weight is 254 g/mol. The molecule has 1 aliphatic heterocycles. The summed E-state index contributed by atoms with van der Waals surface area (Å²) in [5.41, 5.74) is 1.48. The van der Waals surface area contributed by atoms with Crippen LogP contribution in [0.4, 0.5) is 0 Å². The second-order valence-electron chi connectivity index (χ2n) is 5.24. The van der Waals surface area contributed by atoms with Gasteiger partial charge in [0.05, 0.1) is 0 Å². The van der Waals surface area contributed by atoms with Crippen molar-refractivity contribution in [3.05, 3.63) is 35.9 Å². The van der Waals surface area contributed by atoms with Gasteiger partial charge in [0.25, 0.3) is 0 Å². The smallest absolute Gasteiger partial charge is 0.0159 e. The van der Waals surface area contributed by atoms with E-state index in [9.17, 15) is 0 Å². The number of halogens is 1. The molecule has 0 radical (unpaired) electrons. The molecule has 1 aromatic rings. The van der Waals surface area contributed by atoms with Gasteiger partial charge in [0.1, 0.15) is 0 Å². The average Bonchev–Trinajstić information content (AvgIpc) is 2.80. The quantitative estimate of drug-likeness (QED) is 0.790. The Balaban J connectivity index is 0.00000144. The molecule has 1 fully saturated rings. The molecule has 0 N–H and O–H groups in total. The van der Waals surface area contributed by atoms with Crippen LogP contribution in [0.25, 0.3) is 0 Å². The van der Waals surface area contributed by atoms with E-state index in [1.165, 1.54) is 37.9 Å². The Kier molecular flexibility index (Phi) is 6.01. The topological polar surface area (TPSA) is 3.24 Å². The van der Waals surface area contributed by atoms with Gasteiger partial charge in [0.2, 0.25) is 0 Å². The van der Waals surface area contributed by atoms with Crippen molar-refractivity contribution in [3.8, 4) is 0 Å². The fraction of sp³-hybridized carbons (Fsp3) is 0.600. The van der Waals surface area contributed by atoms with Gasteiger partial charge in [-0.05, 0) is 43.8 Å². The second kappa shape index (κ2) is 7.03. The van der Waals surface area contributed by atoms with Gasteiger partial charge in [-0.25, -0.2) is 0 Å². The Bertz CT molecular complexity index is 304. The van der Waals surface area contributed by atoms with E-state index < -0.39 is 0 Å². The van der Waals surface area contributed by atoms with E-state index >= 15 is 0 Å². The summed E-state index contributed by atoms with van der Waals surface area (Å²) >= 11 is 0. The normalized spacial score (nSPS) is 18.1. The number of likely N-dealkylation sites (tertiary alicyclic amines) is 1. The predicted molar refractivity (Wildman–Crippen MR) is 76.8 cm³/mol. The third-order valence-electron chi connectivity index (χ3n) is 3.67. The lowest BCUT2D eigenvalue weighted by atomic mass is 9.95. The van der Waals surface area contributed by atoms with Crippen LogP contribution in [0.1, 0.15) is 32.3 Å². The van der Waals surface area contributed by atoms with Crippen molar-refractivity contribution < 1.29 is 0 Å². The molecule has 1 atom stereocenters. The van der Waals surface area contributed by atoms with Crippen LogP contribution in [0.15, 0.2) is 30.3 Å². The summed E-state index contributed by atoms with van der Waals surface area (Å²) in [6, 6.07) is 11.6. The minimum Gasteiger partial charge on any atom is -0.300 e. The van der Waals surface area contributed by atoms with Crippen LogP contribution >= 0.6 is 12.4 Å². The molecular weight excluding hydrogens is 230 g/mol.